The van der Waals surface area contributed by atoms with E-state index in [2.05, 4.69) is 21.8 Å². The van der Waals surface area contributed by atoms with Crippen molar-refractivity contribution in [3.05, 3.63) is 6.33 Å². The van der Waals surface area contributed by atoms with E-state index in [0.717, 1.165) is 24.7 Å². The van der Waals surface area contributed by atoms with Crippen LogP contribution in [0.15, 0.2) is 6.33 Å². The SMILES string of the molecule is CCC1CN(c2ncnc(N)c2OC)CCS1. The van der Waals surface area contributed by atoms with Gasteiger partial charge in [0.25, 0.3) is 0 Å². The van der Waals surface area contributed by atoms with Gasteiger partial charge in [0.2, 0.25) is 5.75 Å². The van der Waals surface area contributed by atoms with E-state index < -0.39 is 0 Å². The molecule has 0 spiro atoms. The average Bonchev–Trinajstić information content (AvgIpc) is 2.38. The minimum absolute atomic E-state index is 0.406. The molecule has 0 amide bonds. The van der Waals surface area contributed by atoms with Gasteiger partial charge in [0.15, 0.2) is 11.6 Å². The van der Waals surface area contributed by atoms with Crippen molar-refractivity contribution in [3.8, 4) is 5.75 Å². The molecule has 1 aromatic rings. The quantitative estimate of drug-likeness (QED) is 0.879. The minimum Gasteiger partial charge on any atom is -0.490 e. The molecule has 1 fully saturated rings. The summed E-state index contributed by atoms with van der Waals surface area (Å²) >= 11 is 2.02. The molecule has 6 heteroatoms. The smallest absolute Gasteiger partial charge is 0.204 e. The molecule has 1 atom stereocenters. The first-order valence-electron chi connectivity index (χ1n) is 5.77. The van der Waals surface area contributed by atoms with Crippen LogP contribution in [-0.4, -0.2) is 41.2 Å². The van der Waals surface area contributed by atoms with Crippen LogP contribution >= 0.6 is 11.8 Å². The van der Waals surface area contributed by atoms with E-state index in [0.29, 0.717) is 16.8 Å². The van der Waals surface area contributed by atoms with Crippen molar-refractivity contribution in [1.29, 1.82) is 0 Å². The predicted molar refractivity (Wildman–Crippen MR) is 71.7 cm³/mol. The molecular formula is C11H18N4OS. The van der Waals surface area contributed by atoms with Gasteiger partial charge in [-0.25, -0.2) is 9.97 Å². The first-order chi connectivity index (χ1) is 8.26. The standard InChI is InChI=1S/C11H18N4OS/c1-3-8-6-15(4-5-17-8)11-9(16-2)10(12)13-7-14-11/h7-8H,3-6H2,1-2H3,(H2,12,13,14). The van der Waals surface area contributed by atoms with E-state index in [1.165, 1.54) is 12.7 Å². The van der Waals surface area contributed by atoms with Crippen molar-refractivity contribution in [1.82, 2.24) is 9.97 Å². The summed E-state index contributed by atoms with van der Waals surface area (Å²) in [7, 11) is 1.61. The maximum Gasteiger partial charge on any atom is 0.204 e. The highest BCUT2D eigenvalue weighted by Gasteiger charge is 2.23. The molecule has 1 saturated heterocycles. The number of nitrogens with two attached hydrogens (primary N) is 1. The molecule has 1 aromatic heterocycles. The summed E-state index contributed by atoms with van der Waals surface area (Å²) in [6.45, 7) is 4.19. The first kappa shape index (κ1) is 12.3. The van der Waals surface area contributed by atoms with Gasteiger partial charge in [0.05, 0.1) is 7.11 Å². The van der Waals surface area contributed by atoms with E-state index >= 15 is 0 Å². The van der Waals surface area contributed by atoms with Crippen LogP contribution in [-0.2, 0) is 0 Å². The van der Waals surface area contributed by atoms with Crippen molar-refractivity contribution in [2.45, 2.75) is 18.6 Å². The number of hydrogen-bond donors (Lipinski definition) is 1. The van der Waals surface area contributed by atoms with Gasteiger partial charge < -0.3 is 15.4 Å². The number of rotatable bonds is 3. The number of nitrogen functional groups attached to an aromatic ring is 1. The second kappa shape index (κ2) is 5.44. The zero-order chi connectivity index (χ0) is 12.3. The molecule has 2 heterocycles. The van der Waals surface area contributed by atoms with Crippen molar-refractivity contribution < 1.29 is 4.74 Å². The van der Waals surface area contributed by atoms with Crippen molar-refractivity contribution in [3.63, 3.8) is 0 Å². The van der Waals surface area contributed by atoms with Gasteiger partial charge in [-0.3, -0.25) is 0 Å². The lowest BCUT2D eigenvalue weighted by Gasteiger charge is -2.33. The van der Waals surface area contributed by atoms with Crippen LogP contribution in [0.2, 0.25) is 0 Å². The number of ether oxygens (including phenoxy) is 1. The fourth-order valence-corrected chi connectivity index (χ4v) is 3.14. The van der Waals surface area contributed by atoms with Crippen LogP contribution in [0.25, 0.3) is 0 Å². The molecule has 17 heavy (non-hydrogen) atoms. The molecule has 0 saturated carbocycles. The Hall–Kier alpha value is -1.17. The monoisotopic (exact) mass is 254 g/mol. The highest BCUT2D eigenvalue weighted by molar-refractivity contribution is 8.00. The number of thioether (sulfide) groups is 1. The van der Waals surface area contributed by atoms with Gasteiger partial charge in [-0.1, -0.05) is 6.92 Å². The number of aromatic nitrogens is 2. The highest BCUT2D eigenvalue weighted by atomic mass is 32.2. The van der Waals surface area contributed by atoms with Crippen LogP contribution in [0.3, 0.4) is 0 Å². The minimum atomic E-state index is 0.406. The molecule has 1 unspecified atom stereocenters. The molecule has 5 nitrogen and oxygen atoms in total. The first-order valence-corrected chi connectivity index (χ1v) is 6.82. The largest absolute Gasteiger partial charge is 0.490 e. The van der Waals surface area contributed by atoms with Crippen LogP contribution in [0, 0.1) is 0 Å². The molecule has 2 rings (SSSR count). The number of hydrogen-bond acceptors (Lipinski definition) is 6. The fraction of sp³-hybridized carbons (Fsp3) is 0.636. The summed E-state index contributed by atoms with van der Waals surface area (Å²) in [5.74, 6) is 2.93. The summed E-state index contributed by atoms with van der Waals surface area (Å²) in [5.41, 5.74) is 5.80. The Morgan fingerprint density at radius 3 is 3.12 bits per heavy atom. The summed E-state index contributed by atoms with van der Waals surface area (Å²) in [6, 6.07) is 0. The number of nitrogens with zero attached hydrogens (tertiary/aromatic N) is 3. The topological polar surface area (TPSA) is 64.3 Å². The molecule has 0 bridgehead atoms. The molecule has 0 radical (unpaired) electrons. The van der Waals surface area contributed by atoms with Gasteiger partial charge in [0.1, 0.15) is 6.33 Å². The Morgan fingerprint density at radius 1 is 1.59 bits per heavy atom. The lowest BCUT2D eigenvalue weighted by Crippen LogP contribution is -2.38. The Kier molecular flexibility index (Phi) is 3.93. The second-order valence-electron chi connectivity index (χ2n) is 3.96. The molecule has 1 aliphatic heterocycles. The second-order valence-corrected chi connectivity index (χ2v) is 5.37. The number of anilines is 2. The molecular weight excluding hydrogens is 236 g/mol. The predicted octanol–water partition coefficient (Wildman–Crippen LogP) is 1.40. The molecule has 2 N–H and O–H groups in total. The summed E-state index contributed by atoms with van der Waals surface area (Å²) in [6.07, 6.45) is 2.67. The van der Waals surface area contributed by atoms with Crippen LogP contribution in [0.4, 0.5) is 11.6 Å². The van der Waals surface area contributed by atoms with Crippen LogP contribution in [0.1, 0.15) is 13.3 Å². The lowest BCUT2D eigenvalue weighted by molar-refractivity contribution is 0.412. The Balaban J connectivity index is 2.24. The fourth-order valence-electron chi connectivity index (χ4n) is 1.96. The Labute approximate surface area is 106 Å². The molecule has 1 aliphatic rings. The normalized spacial score (nSPS) is 20.4. The molecule has 0 aromatic carbocycles. The maximum absolute atomic E-state index is 5.80. The molecule has 94 valence electrons. The zero-order valence-electron chi connectivity index (χ0n) is 10.2. The Bertz CT molecular complexity index is 388. The van der Waals surface area contributed by atoms with Gasteiger partial charge in [0, 0.05) is 24.1 Å². The van der Waals surface area contributed by atoms with E-state index in [1.807, 2.05) is 11.8 Å². The Morgan fingerprint density at radius 2 is 2.41 bits per heavy atom. The third-order valence-electron chi connectivity index (χ3n) is 2.91. The molecule has 0 aliphatic carbocycles. The van der Waals surface area contributed by atoms with Gasteiger partial charge in [-0.2, -0.15) is 11.8 Å². The van der Waals surface area contributed by atoms with E-state index in [9.17, 15) is 0 Å². The number of methoxy groups -OCH3 is 1. The van der Waals surface area contributed by atoms with Gasteiger partial charge >= 0.3 is 0 Å². The van der Waals surface area contributed by atoms with Crippen molar-refractivity contribution in [2.24, 2.45) is 0 Å². The highest BCUT2D eigenvalue weighted by Crippen LogP contribution is 2.33. The van der Waals surface area contributed by atoms with Crippen LogP contribution in [0.5, 0.6) is 5.75 Å². The van der Waals surface area contributed by atoms with Gasteiger partial charge in [-0.15, -0.1) is 0 Å². The zero-order valence-corrected chi connectivity index (χ0v) is 11.0. The third kappa shape index (κ3) is 2.57. The van der Waals surface area contributed by atoms with Crippen molar-refractivity contribution >= 4 is 23.4 Å². The summed E-state index contributed by atoms with van der Waals surface area (Å²) in [4.78, 5) is 10.5. The van der Waals surface area contributed by atoms with E-state index in [-0.39, 0.29) is 0 Å². The van der Waals surface area contributed by atoms with Crippen LogP contribution < -0.4 is 15.4 Å². The average molecular weight is 254 g/mol. The van der Waals surface area contributed by atoms with E-state index in [1.54, 1.807) is 7.11 Å². The summed E-state index contributed by atoms with van der Waals surface area (Å²) in [5, 5.41) is 0.657. The lowest BCUT2D eigenvalue weighted by atomic mass is 10.3. The van der Waals surface area contributed by atoms with Gasteiger partial charge in [-0.05, 0) is 6.42 Å². The summed E-state index contributed by atoms with van der Waals surface area (Å²) < 4.78 is 5.30. The third-order valence-corrected chi connectivity index (χ3v) is 4.28. The van der Waals surface area contributed by atoms with E-state index in [4.69, 9.17) is 10.5 Å². The maximum atomic E-state index is 5.80. The van der Waals surface area contributed by atoms with Crippen molar-refractivity contribution in [2.75, 3.05) is 36.6 Å².